The molecule has 0 heterocycles. The van der Waals surface area contributed by atoms with Gasteiger partial charge in [0.15, 0.2) is 0 Å². The van der Waals surface area contributed by atoms with E-state index in [1.165, 1.54) is 25.7 Å². The lowest BCUT2D eigenvalue weighted by Crippen LogP contribution is -2.08. The Morgan fingerprint density at radius 2 is 1.91 bits per heavy atom. The number of hydrogen-bond acceptors (Lipinski definition) is 2. The van der Waals surface area contributed by atoms with Crippen molar-refractivity contribution in [2.24, 2.45) is 0 Å². The van der Waals surface area contributed by atoms with E-state index in [1.54, 1.807) is 37.5 Å². The molecule has 0 aliphatic carbocycles. The summed E-state index contributed by atoms with van der Waals surface area (Å²) in [7, 11) is 1.59. The SMILES string of the molecule is CCCCCCC=CC=CC(C(=O)O)c1ccc(OC)cc1. The van der Waals surface area contributed by atoms with Crippen molar-refractivity contribution in [3.05, 3.63) is 54.1 Å². The summed E-state index contributed by atoms with van der Waals surface area (Å²) < 4.78 is 5.09. The highest BCUT2D eigenvalue weighted by molar-refractivity contribution is 5.78. The summed E-state index contributed by atoms with van der Waals surface area (Å²) >= 11 is 0. The van der Waals surface area contributed by atoms with Gasteiger partial charge in [0.1, 0.15) is 11.7 Å². The van der Waals surface area contributed by atoms with Gasteiger partial charge in [-0.15, -0.1) is 0 Å². The van der Waals surface area contributed by atoms with E-state index in [1.807, 2.05) is 12.2 Å². The molecule has 3 heteroatoms. The van der Waals surface area contributed by atoms with Crippen LogP contribution in [0.25, 0.3) is 0 Å². The van der Waals surface area contributed by atoms with Crippen LogP contribution in [0.3, 0.4) is 0 Å². The third-order valence-electron chi connectivity index (χ3n) is 3.52. The van der Waals surface area contributed by atoms with E-state index in [-0.39, 0.29) is 0 Å². The summed E-state index contributed by atoms with van der Waals surface area (Å²) in [6, 6.07) is 7.14. The van der Waals surface area contributed by atoms with E-state index in [9.17, 15) is 9.90 Å². The maximum Gasteiger partial charge on any atom is 0.314 e. The van der Waals surface area contributed by atoms with E-state index < -0.39 is 11.9 Å². The molecule has 1 aromatic rings. The fraction of sp³-hybridized carbons (Fsp3) is 0.421. The van der Waals surface area contributed by atoms with Gasteiger partial charge in [0.25, 0.3) is 0 Å². The van der Waals surface area contributed by atoms with Crippen LogP contribution in [0.4, 0.5) is 0 Å². The van der Waals surface area contributed by atoms with Crippen LogP contribution in [0.1, 0.15) is 50.5 Å². The lowest BCUT2D eigenvalue weighted by atomic mass is 9.98. The van der Waals surface area contributed by atoms with Crippen LogP contribution in [0, 0.1) is 0 Å². The molecular formula is C19H26O3. The van der Waals surface area contributed by atoms with Gasteiger partial charge in [0, 0.05) is 0 Å². The average Bonchev–Trinajstić information content (AvgIpc) is 2.53. The van der Waals surface area contributed by atoms with Gasteiger partial charge in [-0.05, 0) is 30.5 Å². The summed E-state index contributed by atoms with van der Waals surface area (Å²) in [6.07, 6.45) is 13.6. The smallest absolute Gasteiger partial charge is 0.314 e. The molecule has 22 heavy (non-hydrogen) atoms. The van der Waals surface area contributed by atoms with E-state index in [4.69, 9.17) is 4.74 Å². The van der Waals surface area contributed by atoms with Gasteiger partial charge in [-0.25, -0.2) is 0 Å². The van der Waals surface area contributed by atoms with Crippen molar-refractivity contribution in [1.29, 1.82) is 0 Å². The number of carboxylic acid groups (broad SMARTS) is 1. The maximum atomic E-state index is 11.4. The second-order valence-electron chi connectivity index (χ2n) is 5.25. The second kappa shape index (κ2) is 10.7. The minimum absolute atomic E-state index is 0.629. The Bertz CT molecular complexity index is 486. The number of ether oxygens (including phenoxy) is 1. The largest absolute Gasteiger partial charge is 0.497 e. The Morgan fingerprint density at radius 3 is 2.50 bits per heavy atom. The third-order valence-corrected chi connectivity index (χ3v) is 3.52. The van der Waals surface area contributed by atoms with Crippen molar-refractivity contribution in [1.82, 2.24) is 0 Å². The molecule has 0 aliphatic rings. The number of methoxy groups -OCH3 is 1. The van der Waals surface area contributed by atoms with Gasteiger partial charge in [-0.2, -0.15) is 0 Å². The number of carbonyl (C=O) groups is 1. The number of hydrogen-bond donors (Lipinski definition) is 1. The van der Waals surface area contributed by atoms with Crippen molar-refractivity contribution in [2.45, 2.75) is 44.9 Å². The molecule has 0 saturated heterocycles. The number of carboxylic acids is 1. The first kappa shape index (κ1) is 18.0. The van der Waals surface area contributed by atoms with Gasteiger partial charge >= 0.3 is 5.97 Å². The van der Waals surface area contributed by atoms with E-state index in [0.29, 0.717) is 0 Å². The first-order valence-corrected chi connectivity index (χ1v) is 7.89. The molecule has 0 saturated carbocycles. The molecule has 0 radical (unpaired) electrons. The van der Waals surface area contributed by atoms with Crippen LogP contribution in [0.5, 0.6) is 5.75 Å². The van der Waals surface area contributed by atoms with Gasteiger partial charge < -0.3 is 9.84 Å². The normalized spacial score (nSPS) is 12.8. The van der Waals surface area contributed by atoms with E-state index in [2.05, 4.69) is 13.0 Å². The van der Waals surface area contributed by atoms with E-state index >= 15 is 0 Å². The molecule has 1 unspecified atom stereocenters. The molecule has 0 bridgehead atoms. The Hall–Kier alpha value is -2.03. The number of benzene rings is 1. The molecular weight excluding hydrogens is 276 g/mol. The van der Waals surface area contributed by atoms with Crippen molar-refractivity contribution in [3.8, 4) is 5.75 Å². The van der Waals surface area contributed by atoms with Gasteiger partial charge in [0.05, 0.1) is 7.11 Å². The van der Waals surface area contributed by atoms with Crippen LogP contribution in [0.2, 0.25) is 0 Å². The first-order valence-electron chi connectivity index (χ1n) is 7.89. The van der Waals surface area contributed by atoms with E-state index in [0.717, 1.165) is 17.7 Å². The molecule has 0 fully saturated rings. The molecule has 120 valence electrons. The van der Waals surface area contributed by atoms with Crippen LogP contribution < -0.4 is 4.74 Å². The molecule has 1 atom stereocenters. The monoisotopic (exact) mass is 302 g/mol. The molecule has 3 nitrogen and oxygen atoms in total. The summed E-state index contributed by atoms with van der Waals surface area (Å²) in [5.41, 5.74) is 0.751. The Balaban J connectivity index is 2.54. The number of aliphatic carboxylic acids is 1. The second-order valence-corrected chi connectivity index (χ2v) is 5.25. The summed E-state index contributed by atoms with van der Waals surface area (Å²) in [5.74, 6) is -0.753. The number of allylic oxidation sites excluding steroid dienone is 3. The van der Waals surface area contributed by atoms with Crippen molar-refractivity contribution < 1.29 is 14.6 Å². The third kappa shape index (κ3) is 6.61. The number of unbranched alkanes of at least 4 members (excludes halogenated alkanes) is 4. The topological polar surface area (TPSA) is 46.5 Å². The molecule has 0 amide bonds. The molecule has 0 aromatic heterocycles. The fourth-order valence-corrected chi connectivity index (χ4v) is 2.19. The quantitative estimate of drug-likeness (QED) is 0.491. The summed E-state index contributed by atoms with van der Waals surface area (Å²) in [4.78, 5) is 11.4. The lowest BCUT2D eigenvalue weighted by Gasteiger charge is -2.08. The molecule has 0 aliphatic heterocycles. The van der Waals surface area contributed by atoms with Crippen LogP contribution >= 0.6 is 0 Å². The minimum Gasteiger partial charge on any atom is -0.497 e. The molecule has 1 aromatic carbocycles. The minimum atomic E-state index is -0.849. The zero-order valence-corrected chi connectivity index (χ0v) is 13.5. The Morgan fingerprint density at radius 1 is 1.18 bits per heavy atom. The van der Waals surface area contributed by atoms with Gasteiger partial charge in [0.2, 0.25) is 0 Å². The van der Waals surface area contributed by atoms with Gasteiger partial charge in [-0.3, -0.25) is 4.79 Å². The maximum absolute atomic E-state index is 11.4. The zero-order valence-electron chi connectivity index (χ0n) is 13.5. The molecule has 1 rings (SSSR count). The zero-order chi connectivity index (χ0) is 16.2. The Kier molecular flexibility index (Phi) is 8.73. The molecule has 0 spiro atoms. The number of rotatable bonds is 10. The highest BCUT2D eigenvalue weighted by Gasteiger charge is 2.15. The van der Waals surface area contributed by atoms with Gasteiger partial charge in [-0.1, -0.05) is 62.6 Å². The summed E-state index contributed by atoms with van der Waals surface area (Å²) in [5, 5.41) is 9.35. The average molecular weight is 302 g/mol. The van der Waals surface area contributed by atoms with Crippen LogP contribution in [-0.4, -0.2) is 18.2 Å². The highest BCUT2D eigenvalue weighted by atomic mass is 16.5. The first-order chi connectivity index (χ1) is 10.7. The standard InChI is InChI=1S/C19H26O3/c1-3-4-5-6-7-8-9-10-11-18(19(20)21)16-12-14-17(22-2)15-13-16/h8-15,18H,3-7H2,1-2H3,(H,20,21). The lowest BCUT2D eigenvalue weighted by molar-refractivity contribution is -0.137. The fourth-order valence-electron chi connectivity index (χ4n) is 2.19. The van der Waals surface area contributed by atoms with Crippen LogP contribution in [-0.2, 0) is 4.79 Å². The van der Waals surface area contributed by atoms with Crippen molar-refractivity contribution in [2.75, 3.05) is 7.11 Å². The predicted molar refractivity (Wildman–Crippen MR) is 90.4 cm³/mol. The van der Waals surface area contributed by atoms with Crippen molar-refractivity contribution >= 4 is 5.97 Å². The Labute approximate surface area is 133 Å². The summed E-state index contributed by atoms with van der Waals surface area (Å²) in [6.45, 7) is 2.20. The highest BCUT2D eigenvalue weighted by Crippen LogP contribution is 2.21. The molecule has 1 N–H and O–H groups in total. The van der Waals surface area contributed by atoms with Crippen molar-refractivity contribution in [3.63, 3.8) is 0 Å². The van der Waals surface area contributed by atoms with Crippen LogP contribution in [0.15, 0.2) is 48.6 Å². The predicted octanol–water partition coefficient (Wildman–Crippen LogP) is 4.95.